The molecule has 7 nitrogen and oxygen atoms in total. The van der Waals surface area contributed by atoms with E-state index in [9.17, 15) is 14.4 Å². The van der Waals surface area contributed by atoms with Gasteiger partial charge in [-0.1, -0.05) is 30.3 Å². The minimum Gasteiger partial charge on any atom is -0.356 e. The van der Waals surface area contributed by atoms with E-state index in [1.807, 2.05) is 30.3 Å². The first-order valence-electron chi connectivity index (χ1n) is 8.56. The minimum atomic E-state index is -0.746. The highest BCUT2D eigenvalue weighted by Crippen LogP contribution is 2.24. The Morgan fingerprint density at radius 2 is 1.76 bits per heavy atom. The van der Waals surface area contributed by atoms with Crippen molar-refractivity contribution in [1.82, 2.24) is 15.1 Å². The number of morpholine rings is 1. The van der Waals surface area contributed by atoms with Gasteiger partial charge in [0.05, 0.1) is 6.04 Å². The molecule has 0 saturated carbocycles. The molecule has 2 heterocycles. The Morgan fingerprint density at radius 1 is 1.08 bits per heavy atom. The van der Waals surface area contributed by atoms with Crippen LogP contribution in [0.4, 0.5) is 0 Å². The number of ether oxygens (including phenoxy) is 1. The molecular formula is C18H23N3O4. The summed E-state index contributed by atoms with van der Waals surface area (Å²) < 4.78 is 5.60. The second-order valence-electron chi connectivity index (χ2n) is 6.37. The normalized spacial score (nSPS) is 24.4. The Bertz CT molecular complexity index is 649. The lowest BCUT2D eigenvalue weighted by Gasteiger charge is -2.35. The molecule has 0 unspecified atom stereocenters. The molecule has 1 aromatic rings. The predicted molar refractivity (Wildman–Crippen MR) is 90.5 cm³/mol. The molecule has 2 fully saturated rings. The topological polar surface area (TPSA) is 79.0 Å². The number of rotatable bonds is 2. The fourth-order valence-electron chi connectivity index (χ4n) is 3.32. The van der Waals surface area contributed by atoms with E-state index in [2.05, 4.69) is 5.32 Å². The molecule has 0 bridgehead atoms. The summed E-state index contributed by atoms with van der Waals surface area (Å²) in [6.45, 7) is 3.67. The SMILES string of the molecule is CC(=O)N1CCCN(C(=O)[C@H]2OCC(=O)N[C@@H]2c2ccccc2)CC1. The van der Waals surface area contributed by atoms with Crippen LogP contribution in [0.25, 0.3) is 0 Å². The summed E-state index contributed by atoms with van der Waals surface area (Å²) in [5.41, 5.74) is 0.842. The van der Waals surface area contributed by atoms with E-state index in [-0.39, 0.29) is 24.3 Å². The van der Waals surface area contributed by atoms with Crippen molar-refractivity contribution in [3.05, 3.63) is 35.9 Å². The van der Waals surface area contributed by atoms with Gasteiger partial charge in [-0.25, -0.2) is 0 Å². The predicted octanol–water partition coefficient (Wildman–Crippen LogP) is 0.324. The Labute approximate surface area is 146 Å². The van der Waals surface area contributed by atoms with Crippen LogP contribution < -0.4 is 5.32 Å². The highest BCUT2D eigenvalue weighted by atomic mass is 16.5. The Hall–Kier alpha value is -2.41. The van der Waals surface area contributed by atoms with Crippen molar-refractivity contribution in [3.8, 4) is 0 Å². The average molecular weight is 345 g/mol. The maximum Gasteiger partial charge on any atom is 0.254 e. The highest BCUT2D eigenvalue weighted by molar-refractivity contribution is 5.86. The van der Waals surface area contributed by atoms with Crippen LogP contribution in [-0.4, -0.2) is 66.4 Å². The van der Waals surface area contributed by atoms with Gasteiger partial charge in [0.25, 0.3) is 5.91 Å². The van der Waals surface area contributed by atoms with Gasteiger partial charge in [0, 0.05) is 33.1 Å². The Morgan fingerprint density at radius 3 is 2.48 bits per heavy atom. The summed E-state index contributed by atoms with van der Waals surface area (Å²) in [6, 6.07) is 8.88. The van der Waals surface area contributed by atoms with Crippen LogP contribution in [-0.2, 0) is 19.1 Å². The van der Waals surface area contributed by atoms with Crippen molar-refractivity contribution in [2.75, 3.05) is 32.8 Å². The lowest BCUT2D eigenvalue weighted by atomic mass is 9.98. The van der Waals surface area contributed by atoms with Gasteiger partial charge in [-0.2, -0.15) is 0 Å². The van der Waals surface area contributed by atoms with Crippen LogP contribution in [0.3, 0.4) is 0 Å². The quantitative estimate of drug-likeness (QED) is 0.837. The number of nitrogens with zero attached hydrogens (tertiary/aromatic N) is 2. The summed E-state index contributed by atoms with van der Waals surface area (Å²) in [4.78, 5) is 39.8. The van der Waals surface area contributed by atoms with Gasteiger partial charge >= 0.3 is 0 Å². The van der Waals surface area contributed by atoms with Gasteiger partial charge in [-0.3, -0.25) is 14.4 Å². The average Bonchev–Trinajstić information content (AvgIpc) is 2.88. The zero-order valence-electron chi connectivity index (χ0n) is 14.3. The molecule has 3 rings (SSSR count). The number of benzene rings is 1. The second-order valence-corrected chi connectivity index (χ2v) is 6.37. The van der Waals surface area contributed by atoms with E-state index in [0.717, 1.165) is 12.0 Å². The number of carbonyl (C=O) groups is 3. The van der Waals surface area contributed by atoms with Crippen LogP contribution in [0.2, 0.25) is 0 Å². The first-order chi connectivity index (χ1) is 12.1. The summed E-state index contributed by atoms with van der Waals surface area (Å²) in [5, 5.41) is 2.87. The largest absolute Gasteiger partial charge is 0.356 e. The van der Waals surface area contributed by atoms with E-state index in [1.54, 1.807) is 16.7 Å². The van der Waals surface area contributed by atoms with Gasteiger partial charge in [0.1, 0.15) is 6.61 Å². The van der Waals surface area contributed by atoms with Crippen molar-refractivity contribution >= 4 is 17.7 Å². The Kier molecular flexibility index (Phi) is 5.33. The maximum absolute atomic E-state index is 13.0. The van der Waals surface area contributed by atoms with E-state index < -0.39 is 12.1 Å². The minimum absolute atomic E-state index is 0.0256. The van der Waals surface area contributed by atoms with Crippen LogP contribution in [0.1, 0.15) is 24.9 Å². The fraction of sp³-hybridized carbons (Fsp3) is 0.500. The van der Waals surface area contributed by atoms with E-state index in [4.69, 9.17) is 4.74 Å². The zero-order chi connectivity index (χ0) is 17.8. The van der Waals surface area contributed by atoms with Gasteiger partial charge in [0.2, 0.25) is 11.8 Å². The lowest BCUT2D eigenvalue weighted by molar-refractivity contribution is -0.155. The smallest absolute Gasteiger partial charge is 0.254 e. The molecule has 2 saturated heterocycles. The van der Waals surface area contributed by atoms with Crippen molar-refractivity contribution in [2.45, 2.75) is 25.5 Å². The molecule has 0 aromatic heterocycles. The number of hydrogen-bond acceptors (Lipinski definition) is 4. The van der Waals surface area contributed by atoms with Crippen molar-refractivity contribution < 1.29 is 19.1 Å². The third kappa shape index (κ3) is 3.99. The molecule has 0 radical (unpaired) electrons. The number of hydrogen-bond donors (Lipinski definition) is 1. The molecule has 2 aliphatic heterocycles. The van der Waals surface area contributed by atoms with E-state index >= 15 is 0 Å². The van der Waals surface area contributed by atoms with Gasteiger partial charge in [0.15, 0.2) is 6.10 Å². The molecule has 0 spiro atoms. The number of carbonyl (C=O) groups excluding carboxylic acids is 3. The summed E-state index contributed by atoms with van der Waals surface area (Å²) in [6.07, 6.45) is -0.00981. The van der Waals surface area contributed by atoms with Crippen molar-refractivity contribution in [2.24, 2.45) is 0 Å². The molecule has 1 aromatic carbocycles. The highest BCUT2D eigenvalue weighted by Gasteiger charge is 2.38. The fourth-order valence-corrected chi connectivity index (χ4v) is 3.32. The molecule has 1 N–H and O–H groups in total. The van der Waals surface area contributed by atoms with Crippen molar-refractivity contribution in [1.29, 1.82) is 0 Å². The van der Waals surface area contributed by atoms with E-state index in [0.29, 0.717) is 26.2 Å². The monoisotopic (exact) mass is 345 g/mol. The van der Waals surface area contributed by atoms with Crippen LogP contribution in [0.15, 0.2) is 30.3 Å². The third-order valence-electron chi connectivity index (χ3n) is 4.67. The third-order valence-corrected chi connectivity index (χ3v) is 4.67. The van der Waals surface area contributed by atoms with Crippen LogP contribution in [0.5, 0.6) is 0 Å². The molecule has 7 heteroatoms. The molecule has 2 aliphatic rings. The van der Waals surface area contributed by atoms with Crippen LogP contribution >= 0.6 is 0 Å². The second kappa shape index (κ2) is 7.65. The molecule has 2 atom stereocenters. The molecule has 3 amide bonds. The van der Waals surface area contributed by atoms with Crippen LogP contribution in [0, 0.1) is 0 Å². The summed E-state index contributed by atoms with van der Waals surface area (Å²) in [5.74, 6) is -0.339. The zero-order valence-corrected chi connectivity index (χ0v) is 14.3. The standard InChI is InChI=1S/C18H23N3O4/c1-13(22)20-8-5-9-21(11-10-20)18(24)17-16(19-15(23)12-25-17)14-6-3-2-4-7-14/h2-4,6-7,16-17H,5,8-12H2,1H3,(H,19,23)/t16-,17+/m1/s1. The summed E-state index contributed by atoms with van der Waals surface area (Å²) >= 11 is 0. The lowest BCUT2D eigenvalue weighted by Crippen LogP contribution is -2.53. The molecular weight excluding hydrogens is 322 g/mol. The summed E-state index contributed by atoms with van der Waals surface area (Å²) in [7, 11) is 0. The van der Waals surface area contributed by atoms with Gasteiger partial charge < -0.3 is 19.9 Å². The molecule has 0 aliphatic carbocycles. The first-order valence-corrected chi connectivity index (χ1v) is 8.56. The van der Waals surface area contributed by atoms with E-state index in [1.165, 1.54) is 0 Å². The van der Waals surface area contributed by atoms with Crippen molar-refractivity contribution in [3.63, 3.8) is 0 Å². The molecule has 25 heavy (non-hydrogen) atoms. The van der Waals surface area contributed by atoms with Gasteiger partial charge in [-0.05, 0) is 12.0 Å². The first kappa shape index (κ1) is 17.4. The maximum atomic E-state index is 13.0. The molecule has 134 valence electrons. The number of nitrogens with one attached hydrogen (secondary N) is 1. The number of amides is 3. The Balaban J connectivity index is 1.75. The van der Waals surface area contributed by atoms with Gasteiger partial charge in [-0.15, -0.1) is 0 Å².